The van der Waals surface area contributed by atoms with Gasteiger partial charge in [-0.2, -0.15) is 0 Å². The van der Waals surface area contributed by atoms with Crippen molar-refractivity contribution in [2.75, 3.05) is 4.90 Å². The van der Waals surface area contributed by atoms with Gasteiger partial charge >= 0.3 is 0 Å². The van der Waals surface area contributed by atoms with Crippen LogP contribution >= 0.6 is 0 Å². The fourth-order valence-corrected chi connectivity index (χ4v) is 11.0. The Labute approximate surface area is 345 Å². The predicted octanol–water partition coefficient (Wildman–Crippen LogP) is 15.3. The molecule has 12 rings (SSSR count). The summed E-state index contributed by atoms with van der Waals surface area (Å²) in [6, 6.07) is 79.5. The topological polar surface area (TPSA) is 3.24 Å². The molecule has 1 nitrogen and oxygen atoms in total. The zero-order valence-corrected chi connectivity index (χ0v) is 33.2. The number of hydrogen-bond acceptors (Lipinski definition) is 1. The Morgan fingerprint density at radius 3 is 1.36 bits per heavy atom. The summed E-state index contributed by atoms with van der Waals surface area (Å²) in [6.45, 7) is 4.76. The Morgan fingerprint density at radius 2 is 0.729 bits per heavy atom. The lowest BCUT2D eigenvalue weighted by Gasteiger charge is -2.38. The molecule has 0 saturated carbocycles. The number of rotatable bonds is 5. The van der Waals surface area contributed by atoms with Gasteiger partial charge < -0.3 is 4.90 Å². The minimum atomic E-state index is -0.574. The van der Waals surface area contributed by atoms with E-state index < -0.39 is 5.41 Å². The first-order valence-electron chi connectivity index (χ1n) is 20.8. The van der Waals surface area contributed by atoms with E-state index in [1.165, 1.54) is 88.0 Å². The molecular formula is C58H41N. The first kappa shape index (κ1) is 33.9. The third kappa shape index (κ3) is 4.67. The van der Waals surface area contributed by atoms with Crippen molar-refractivity contribution in [1.82, 2.24) is 0 Å². The number of hydrogen-bond donors (Lipinski definition) is 0. The number of nitrogens with zero attached hydrogens (tertiary/aromatic N) is 1. The molecule has 0 unspecified atom stereocenters. The largest absolute Gasteiger partial charge is 0.310 e. The van der Waals surface area contributed by atoms with Crippen LogP contribution in [0.5, 0.6) is 0 Å². The van der Waals surface area contributed by atoms with Gasteiger partial charge in [-0.15, -0.1) is 0 Å². The van der Waals surface area contributed by atoms with Crippen LogP contribution in [0.3, 0.4) is 0 Å². The fourth-order valence-electron chi connectivity index (χ4n) is 11.0. The molecule has 1 heteroatoms. The number of benzene rings is 10. The maximum Gasteiger partial charge on any atom is 0.0733 e. The second-order valence-electron chi connectivity index (χ2n) is 16.8. The van der Waals surface area contributed by atoms with E-state index in [0.717, 1.165) is 17.1 Å². The highest BCUT2D eigenvalue weighted by Gasteiger charge is 2.48. The van der Waals surface area contributed by atoms with Crippen LogP contribution < -0.4 is 4.90 Å². The Bertz CT molecular complexity index is 3240. The molecule has 278 valence electrons. The highest BCUT2D eigenvalue weighted by Crippen LogP contribution is 2.59. The minimum Gasteiger partial charge on any atom is -0.310 e. The highest BCUT2D eigenvalue weighted by atomic mass is 15.1. The quantitative estimate of drug-likeness (QED) is 0.158. The molecule has 10 aromatic rings. The fraction of sp³-hybridized carbons (Fsp3) is 0.0690. The van der Waals surface area contributed by atoms with E-state index in [1.54, 1.807) is 0 Å². The average molecular weight is 752 g/mol. The van der Waals surface area contributed by atoms with Crippen LogP contribution in [0.25, 0.3) is 54.6 Å². The highest BCUT2D eigenvalue weighted by molar-refractivity contribution is 6.25. The first-order chi connectivity index (χ1) is 29.0. The molecule has 0 bridgehead atoms. The van der Waals surface area contributed by atoms with Crippen LogP contribution in [0.2, 0.25) is 0 Å². The van der Waals surface area contributed by atoms with Crippen molar-refractivity contribution >= 4 is 49.4 Å². The van der Waals surface area contributed by atoms with E-state index in [-0.39, 0.29) is 5.41 Å². The lowest BCUT2D eigenvalue weighted by atomic mass is 9.67. The molecule has 2 aliphatic carbocycles. The van der Waals surface area contributed by atoms with Crippen molar-refractivity contribution in [3.8, 4) is 22.3 Å². The summed E-state index contributed by atoms with van der Waals surface area (Å²) in [5.74, 6) is 0. The molecule has 0 spiro atoms. The summed E-state index contributed by atoms with van der Waals surface area (Å²) < 4.78 is 0. The Morgan fingerprint density at radius 1 is 0.305 bits per heavy atom. The van der Waals surface area contributed by atoms with E-state index >= 15 is 0 Å². The molecule has 0 amide bonds. The third-order valence-corrected chi connectivity index (χ3v) is 13.5. The monoisotopic (exact) mass is 751 g/mol. The maximum atomic E-state index is 2.55. The van der Waals surface area contributed by atoms with Crippen molar-refractivity contribution in [2.24, 2.45) is 0 Å². The SMILES string of the molecule is CC1(C)c2ccccc2-c2ccc(N(c3ccc4c5ccccc5c5ccccc5c4c3)c3ccccc3C3(c4ccccc4)c4ccccc4-c4ccccc43)cc21. The van der Waals surface area contributed by atoms with E-state index in [9.17, 15) is 0 Å². The van der Waals surface area contributed by atoms with Crippen molar-refractivity contribution in [2.45, 2.75) is 24.7 Å². The van der Waals surface area contributed by atoms with Gasteiger partial charge in [0, 0.05) is 16.8 Å². The van der Waals surface area contributed by atoms with Gasteiger partial charge in [0.1, 0.15) is 0 Å². The third-order valence-electron chi connectivity index (χ3n) is 13.5. The lowest BCUT2D eigenvalue weighted by molar-refractivity contribution is 0.660. The van der Waals surface area contributed by atoms with Crippen LogP contribution in [0, 0.1) is 0 Å². The number of fused-ring (bicyclic) bond motifs is 12. The Balaban J connectivity index is 1.19. The number of anilines is 3. The van der Waals surface area contributed by atoms with Crippen molar-refractivity contribution in [1.29, 1.82) is 0 Å². The summed E-state index contributed by atoms with van der Waals surface area (Å²) >= 11 is 0. The number of para-hydroxylation sites is 1. The molecule has 10 aromatic carbocycles. The lowest BCUT2D eigenvalue weighted by Crippen LogP contribution is -2.30. The van der Waals surface area contributed by atoms with Gasteiger partial charge in [-0.3, -0.25) is 0 Å². The second kappa shape index (κ2) is 12.6. The molecule has 0 radical (unpaired) electrons. The standard InChI is InChI=1S/C58H41N/c1-57(2)51-27-13-10-24-46(51)49-35-33-40(37-55(49)57)59(39-32-34-45-43-22-7-6-20-41(43)42-21-8-9-23-44(42)50(45)36-39)56-31-17-16-30-54(56)58(38-18-4-3-5-19-38)52-28-14-11-25-47(52)48-26-12-15-29-53(48)58/h3-37H,1-2H3. The van der Waals surface area contributed by atoms with E-state index in [0.29, 0.717) is 0 Å². The minimum absolute atomic E-state index is 0.153. The summed E-state index contributed by atoms with van der Waals surface area (Å²) in [4.78, 5) is 2.55. The van der Waals surface area contributed by atoms with E-state index in [2.05, 4.69) is 231 Å². The summed E-state index contributed by atoms with van der Waals surface area (Å²) in [5, 5.41) is 7.62. The van der Waals surface area contributed by atoms with Crippen molar-refractivity contribution in [3.05, 3.63) is 246 Å². The Hall–Kier alpha value is -7.22. The van der Waals surface area contributed by atoms with Crippen LogP contribution in [0.4, 0.5) is 17.1 Å². The normalized spacial score (nSPS) is 14.2. The zero-order valence-electron chi connectivity index (χ0n) is 33.2. The van der Waals surface area contributed by atoms with E-state index in [4.69, 9.17) is 0 Å². The van der Waals surface area contributed by atoms with Gasteiger partial charge in [0.2, 0.25) is 0 Å². The van der Waals surface area contributed by atoms with Crippen molar-refractivity contribution < 1.29 is 0 Å². The predicted molar refractivity (Wildman–Crippen MR) is 249 cm³/mol. The van der Waals surface area contributed by atoms with Gasteiger partial charge in [0.15, 0.2) is 0 Å². The summed E-state index contributed by atoms with van der Waals surface area (Å²) in [6.07, 6.45) is 0. The molecule has 0 atom stereocenters. The van der Waals surface area contributed by atoms with E-state index in [1.807, 2.05) is 0 Å². The first-order valence-corrected chi connectivity index (χ1v) is 20.8. The van der Waals surface area contributed by atoms with Crippen LogP contribution in [-0.2, 0) is 10.8 Å². The molecule has 0 N–H and O–H groups in total. The molecule has 2 aliphatic rings. The van der Waals surface area contributed by atoms with Crippen LogP contribution in [0.1, 0.15) is 47.2 Å². The Kier molecular flexibility index (Phi) is 7.26. The molecule has 0 heterocycles. The molecule has 0 aliphatic heterocycles. The zero-order chi connectivity index (χ0) is 39.3. The van der Waals surface area contributed by atoms with Crippen molar-refractivity contribution in [3.63, 3.8) is 0 Å². The average Bonchev–Trinajstić information content (AvgIpc) is 3.72. The molecule has 0 fully saturated rings. The smallest absolute Gasteiger partial charge is 0.0733 e. The van der Waals surface area contributed by atoms with Crippen LogP contribution in [-0.4, -0.2) is 0 Å². The second-order valence-corrected chi connectivity index (χ2v) is 16.8. The van der Waals surface area contributed by atoms with Gasteiger partial charge in [-0.1, -0.05) is 196 Å². The van der Waals surface area contributed by atoms with Crippen LogP contribution in [0.15, 0.2) is 212 Å². The molecule has 0 aromatic heterocycles. The van der Waals surface area contributed by atoms with Gasteiger partial charge in [-0.25, -0.2) is 0 Å². The molecule has 59 heavy (non-hydrogen) atoms. The van der Waals surface area contributed by atoms with Gasteiger partial charge in [0.25, 0.3) is 0 Å². The molecule has 0 saturated heterocycles. The maximum absolute atomic E-state index is 2.55. The van der Waals surface area contributed by atoms with Gasteiger partial charge in [-0.05, 0) is 118 Å². The molecular weight excluding hydrogens is 711 g/mol. The summed E-state index contributed by atoms with van der Waals surface area (Å²) in [7, 11) is 0. The van der Waals surface area contributed by atoms with Gasteiger partial charge in [0.05, 0.1) is 11.1 Å². The summed E-state index contributed by atoms with van der Waals surface area (Å²) in [5.41, 5.74) is 15.8.